The Morgan fingerprint density at radius 1 is 1.05 bits per heavy atom. The van der Waals surface area contributed by atoms with Gasteiger partial charge in [-0.3, -0.25) is 4.79 Å². The maximum absolute atomic E-state index is 12.4. The number of fused-ring (bicyclic) bond motifs is 1. The van der Waals surface area contributed by atoms with Crippen molar-refractivity contribution in [3.05, 3.63) is 29.8 Å². The van der Waals surface area contributed by atoms with Gasteiger partial charge in [-0.1, -0.05) is 44.2 Å². The first kappa shape index (κ1) is 13.5. The number of carbonyl (C=O) groups is 1. The van der Waals surface area contributed by atoms with E-state index < -0.39 is 0 Å². The van der Waals surface area contributed by atoms with Gasteiger partial charge >= 0.3 is 0 Å². The van der Waals surface area contributed by atoms with Crippen LogP contribution in [0.15, 0.2) is 24.3 Å². The van der Waals surface area contributed by atoms with Crippen LogP contribution in [-0.4, -0.2) is 11.9 Å². The van der Waals surface area contributed by atoms with Crippen molar-refractivity contribution in [2.24, 2.45) is 11.8 Å². The molecule has 1 amide bonds. The average molecular weight is 272 g/mol. The lowest BCUT2D eigenvalue weighted by Crippen LogP contribution is -2.46. The van der Waals surface area contributed by atoms with Crippen molar-refractivity contribution < 1.29 is 4.79 Å². The lowest BCUT2D eigenvalue weighted by molar-refractivity contribution is 0.0824. The summed E-state index contributed by atoms with van der Waals surface area (Å²) in [7, 11) is 0. The van der Waals surface area contributed by atoms with Crippen molar-refractivity contribution in [1.82, 2.24) is 5.32 Å². The van der Waals surface area contributed by atoms with Gasteiger partial charge in [-0.05, 0) is 36.8 Å². The molecule has 3 heteroatoms. The van der Waals surface area contributed by atoms with Gasteiger partial charge in [0, 0.05) is 11.7 Å². The zero-order valence-electron chi connectivity index (χ0n) is 12.0. The van der Waals surface area contributed by atoms with Gasteiger partial charge in [-0.25, -0.2) is 0 Å². The fourth-order valence-corrected chi connectivity index (χ4v) is 4.07. The molecule has 0 spiro atoms. The molecule has 3 N–H and O–H groups in total. The second kappa shape index (κ2) is 5.86. The van der Waals surface area contributed by atoms with Crippen LogP contribution in [0.4, 0.5) is 5.69 Å². The van der Waals surface area contributed by atoms with E-state index in [1.807, 2.05) is 18.2 Å². The monoisotopic (exact) mass is 272 g/mol. The van der Waals surface area contributed by atoms with Gasteiger partial charge in [0.1, 0.15) is 0 Å². The molecule has 0 radical (unpaired) electrons. The number of carbonyl (C=O) groups excluding carboxylic acids is 1. The van der Waals surface area contributed by atoms with E-state index in [2.05, 4.69) is 5.32 Å². The first-order chi connectivity index (χ1) is 9.75. The zero-order valence-corrected chi connectivity index (χ0v) is 12.0. The van der Waals surface area contributed by atoms with E-state index >= 15 is 0 Å². The number of anilines is 1. The van der Waals surface area contributed by atoms with E-state index in [0.717, 1.165) is 12.3 Å². The van der Waals surface area contributed by atoms with Gasteiger partial charge in [-0.2, -0.15) is 0 Å². The molecule has 2 aliphatic rings. The topological polar surface area (TPSA) is 55.1 Å². The molecule has 1 aromatic rings. The Balaban J connectivity index is 1.70. The van der Waals surface area contributed by atoms with Crippen LogP contribution >= 0.6 is 0 Å². The number of benzene rings is 1. The molecule has 3 nitrogen and oxygen atoms in total. The Bertz CT molecular complexity index is 484. The number of nitrogen functional groups attached to an aromatic ring is 1. The smallest absolute Gasteiger partial charge is 0.253 e. The molecule has 20 heavy (non-hydrogen) atoms. The number of nitrogens with two attached hydrogens (primary N) is 1. The van der Waals surface area contributed by atoms with Crippen LogP contribution < -0.4 is 11.1 Å². The Morgan fingerprint density at radius 2 is 1.80 bits per heavy atom. The predicted octanol–water partition coefficient (Wildman–Crippen LogP) is 3.36. The first-order valence-corrected chi connectivity index (χ1v) is 7.91. The lowest BCUT2D eigenvalue weighted by Gasteiger charge is -2.41. The van der Waals surface area contributed by atoms with Crippen molar-refractivity contribution in [3.63, 3.8) is 0 Å². The summed E-state index contributed by atoms with van der Waals surface area (Å²) in [6, 6.07) is 7.69. The predicted molar refractivity (Wildman–Crippen MR) is 81.4 cm³/mol. The first-order valence-electron chi connectivity index (χ1n) is 7.91. The maximum atomic E-state index is 12.4. The number of hydrogen-bond acceptors (Lipinski definition) is 2. The van der Waals surface area contributed by atoms with Gasteiger partial charge in [0.05, 0.1) is 5.56 Å². The van der Waals surface area contributed by atoms with Crippen molar-refractivity contribution >= 4 is 11.6 Å². The number of para-hydroxylation sites is 1. The summed E-state index contributed by atoms with van der Waals surface area (Å²) in [6.45, 7) is 0. The van der Waals surface area contributed by atoms with Gasteiger partial charge < -0.3 is 11.1 Å². The van der Waals surface area contributed by atoms with E-state index in [4.69, 9.17) is 5.73 Å². The fourth-order valence-electron chi connectivity index (χ4n) is 4.07. The third kappa shape index (κ3) is 2.67. The van der Waals surface area contributed by atoms with E-state index in [9.17, 15) is 4.79 Å². The van der Waals surface area contributed by atoms with Gasteiger partial charge in [0.15, 0.2) is 0 Å². The SMILES string of the molecule is Nc1ccccc1C(=O)NC1CCCC2CCCCC21. The molecule has 0 saturated heterocycles. The second-order valence-electron chi connectivity index (χ2n) is 6.31. The Labute approximate surface area is 120 Å². The number of hydrogen-bond donors (Lipinski definition) is 2. The lowest BCUT2D eigenvalue weighted by atomic mass is 9.68. The summed E-state index contributed by atoms with van der Waals surface area (Å²) in [4.78, 5) is 12.4. The maximum Gasteiger partial charge on any atom is 0.253 e. The molecule has 0 heterocycles. The van der Waals surface area contributed by atoms with E-state index in [1.54, 1.807) is 6.07 Å². The number of nitrogens with one attached hydrogen (secondary N) is 1. The van der Waals surface area contributed by atoms with E-state index in [1.165, 1.54) is 38.5 Å². The van der Waals surface area contributed by atoms with Gasteiger partial charge in [0.25, 0.3) is 5.91 Å². The van der Waals surface area contributed by atoms with Crippen LogP contribution in [0.25, 0.3) is 0 Å². The average Bonchev–Trinajstić information content (AvgIpc) is 2.48. The van der Waals surface area contributed by atoms with Crippen LogP contribution in [0.1, 0.15) is 55.3 Å². The third-order valence-corrected chi connectivity index (χ3v) is 5.10. The summed E-state index contributed by atoms with van der Waals surface area (Å²) in [5, 5.41) is 3.26. The Hall–Kier alpha value is -1.51. The molecule has 3 unspecified atom stereocenters. The summed E-state index contributed by atoms with van der Waals surface area (Å²) in [6.07, 6.45) is 9.04. The molecular weight excluding hydrogens is 248 g/mol. The van der Waals surface area contributed by atoms with Crippen LogP contribution in [0.3, 0.4) is 0 Å². The highest BCUT2D eigenvalue weighted by atomic mass is 16.1. The molecule has 2 saturated carbocycles. The highest BCUT2D eigenvalue weighted by Crippen LogP contribution is 2.40. The molecule has 3 rings (SSSR count). The highest BCUT2D eigenvalue weighted by Gasteiger charge is 2.35. The Kier molecular flexibility index (Phi) is 3.95. The molecule has 0 bridgehead atoms. The third-order valence-electron chi connectivity index (χ3n) is 5.10. The van der Waals surface area contributed by atoms with Crippen LogP contribution in [0.2, 0.25) is 0 Å². The molecule has 0 aliphatic heterocycles. The van der Waals surface area contributed by atoms with Crippen LogP contribution in [0.5, 0.6) is 0 Å². The van der Waals surface area contributed by atoms with E-state index in [0.29, 0.717) is 23.2 Å². The summed E-state index contributed by atoms with van der Waals surface area (Å²) < 4.78 is 0. The molecule has 2 fully saturated rings. The summed E-state index contributed by atoms with van der Waals surface area (Å²) in [5.41, 5.74) is 7.08. The largest absolute Gasteiger partial charge is 0.398 e. The molecule has 108 valence electrons. The summed E-state index contributed by atoms with van der Waals surface area (Å²) >= 11 is 0. The van der Waals surface area contributed by atoms with Crippen LogP contribution in [-0.2, 0) is 0 Å². The second-order valence-corrected chi connectivity index (χ2v) is 6.31. The zero-order chi connectivity index (χ0) is 13.9. The highest BCUT2D eigenvalue weighted by molar-refractivity contribution is 5.99. The van der Waals surface area contributed by atoms with Crippen molar-refractivity contribution in [1.29, 1.82) is 0 Å². The van der Waals surface area contributed by atoms with Gasteiger partial charge in [-0.15, -0.1) is 0 Å². The number of rotatable bonds is 2. The van der Waals surface area contributed by atoms with E-state index in [-0.39, 0.29) is 5.91 Å². The fraction of sp³-hybridized carbons (Fsp3) is 0.588. The minimum atomic E-state index is -0.000626. The molecule has 0 aromatic heterocycles. The number of amides is 1. The van der Waals surface area contributed by atoms with Crippen LogP contribution in [0, 0.1) is 11.8 Å². The standard InChI is InChI=1S/C17H24N2O/c18-15-10-4-3-9-14(15)17(20)19-16-11-5-7-12-6-1-2-8-13(12)16/h3-4,9-10,12-13,16H,1-2,5-8,11,18H2,(H,19,20). The molecule has 2 aliphatic carbocycles. The Morgan fingerprint density at radius 3 is 2.65 bits per heavy atom. The van der Waals surface area contributed by atoms with Crippen molar-refractivity contribution in [2.75, 3.05) is 5.73 Å². The molecular formula is C17H24N2O. The van der Waals surface area contributed by atoms with Crippen molar-refractivity contribution in [3.8, 4) is 0 Å². The molecule has 3 atom stereocenters. The molecule has 1 aromatic carbocycles. The minimum Gasteiger partial charge on any atom is -0.398 e. The van der Waals surface area contributed by atoms with Crippen molar-refractivity contribution in [2.45, 2.75) is 51.0 Å². The van der Waals surface area contributed by atoms with Gasteiger partial charge in [0.2, 0.25) is 0 Å². The quantitative estimate of drug-likeness (QED) is 0.811. The summed E-state index contributed by atoms with van der Waals surface area (Å²) in [5.74, 6) is 1.52. The normalized spacial score (nSPS) is 29.5. The minimum absolute atomic E-state index is 0.000626.